The van der Waals surface area contributed by atoms with Crippen LogP contribution in [0.2, 0.25) is 0 Å². The van der Waals surface area contributed by atoms with E-state index in [0.717, 1.165) is 18.2 Å². The second-order valence-electron chi connectivity index (χ2n) is 6.50. The van der Waals surface area contributed by atoms with Gasteiger partial charge in [-0.2, -0.15) is 13.2 Å². The van der Waals surface area contributed by atoms with Crippen molar-refractivity contribution in [3.63, 3.8) is 0 Å². The lowest BCUT2D eigenvalue weighted by Gasteiger charge is -2.19. The van der Waals surface area contributed by atoms with Crippen LogP contribution >= 0.6 is 0 Å². The first kappa shape index (κ1) is 21.3. The van der Waals surface area contributed by atoms with Crippen LogP contribution < -0.4 is 10.9 Å². The molecular weight excluding hydrogens is 399 g/mol. The van der Waals surface area contributed by atoms with Crippen LogP contribution in [0.4, 0.5) is 13.2 Å². The van der Waals surface area contributed by atoms with E-state index in [4.69, 9.17) is 0 Å². The van der Waals surface area contributed by atoms with Gasteiger partial charge in [0.25, 0.3) is 11.5 Å². The SMILES string of the molecule is O=C(NC(CCO)c1ccc(C(F)(F)F)cc1)c1cc(=O)[nH]c(-c2ccccc2)n1. The molecule has 6 nitrogen and oxygen atoms in total. The predicted octanol–water partition coefficient (Wildman–Crippen LogP) is 3.31. The second kappa shape index (κ2) is 8.91. The van der Waals surface area contributed by atoms with Gasteiger partial charge >= 0.3 is 6.18 Å². The van der Waals surface area contributed by atoms with Gasteiger partial charge in [0.15, 0.2) is 0 Å². The number of H-pyrrole nitrogens is 1. The number of aliphatic hydroxyl groups is 1. The minimum atomic E-state index is -4.48. The maximum Gasteiger partial charge on any atom is 0.416 e. The van der Waals surface area contributed by atoms with Crippen molar-refractivity contribution >= 4 is 5.91 Å². The van der Waals surface area contributed by atoms with Crippen molar-refractivity contribution in [2.45, 2.75) is 18.6 Å². The molecule has 3 aromatic rings. The van der Waals surface area contributed by atoms with Crippen LogP contribution in [0.5, 0.6) is 0 Å². The number of nitrogens with one attached hydrogen (secondary N) is 2. The molecule has 1 amide bonds. The van der Waals surface area contributed by atoms with Crippen LogP contribution in [0, 0.1) is 0 Å². The summed E-state index contributed by atoms with van der Waals surface area (Å²) in [6.45, 7) is -0.302. The number of nitrogens with zero attached hydrogens (tertiary/aromatic N) is 1. The molecule has 1 atom stereocenters. The van der Waals surface area contributed by atoms with Crippen LogP contribution in [0.3, 0.4) is 0 Å². The fourth-order valence-electron chi connectivity index (χ4n) is 2.89. The third-order valence-electron chi connectivity index (χ3n) is 4.39. The van der Waals surface area contributed by atoms with Gasteiger partial charge in [0.1, 0.15) is 11.5 Å². The Morgan fingerprint density at radius 3 is 2.37 bits per heavy atom. The van der Waals surface area contributed by atoms with Crippen molar-refractivity contribution in [1.82, 2.24) is 15.3 Å². The van der Waals surface area contributed by atoms with E-state index >= 15 is 0 Å². The highest BCUT2D eigenvalue weighted by Crippen LogP contribution is 2.30. The van der Waals surface area contributed by atoms with Crippen LogP contribution in [-0.4, -0.2) is 27.6 Å². The molecular formula is C21H18F3N3O3. The van der Waals surface area contributed by atoms with E-state index in [9.17, 15) is 27.9 Å². The molecule has 156 valence electrons. The van der Waals surface area contributed by atoms with Gasteiger partial charge in [0, 0.05) is 18.2 Å². The van der Waals surface area contributed by atoms with Gasteiger partial charge < -0.3 is 15.4 Å². The summed E-state index contributed by atoms with van der Waals surface area (Å²) in [5, 5.41) is 11.9. The summed E-state index contributed by atoms with van der Waals surface area (Å²) in [5.41, 5.74) is -0.490. The van der Waals surface area contributed by atoms with Crippen molar-refractivity contribution in [1.29, 1.82) is 0 Å². The average molecular weight is 417 g/mol. The van der Waals surface area contributed by atoms with E-state index in [1.807, 2.05) is 0 Å². The molecule has 2 aromatic carbocycles. The molecule has 0 fully saturated rings. The third kappa shape index (κ3) is 5.12. The molecule has 30 heavy (non-hydrogen) atoms. The first-order valence-electron chi connectivity index (χ1n) is 9.03. The van der Waals surface area contributed by atoms with Gasteiger partial charge in [0.05, 0.1) is 11.6 Å². The quantitative estimate of drug-likeness (QED) is 0.574. The van der Waals surface area contributed by atoms with Crippen LogP contribution in [0.15, 0.2) is 65.5 Å². The van der Waals surface area contributed by atoms with E-state index in [-0.39, 0.29) is 24.5 Å². The molecule has 0 aliphatic rings. The molecule has 3 rings (SSSR count). The molecule has 0 saturated heterocycles. The van der Waals surface area contributed by atoms with Crippen molar-refractivity contribution in [3.8, 4) is 11.4 Å². The lowest BCUT2D eigenvalue weighted by molar-refractivity contribution is -0.137. The normalized spacial score (nSPS) is 12.4. The smallest absolute Gasteiger partial charge is 0.396 e. The molecule has 3 N–H and O–H groups in total. The largest absolute Gasteiger partial charge is 0.416 e. The Balaban J connectivity index is 1.85. The number of hydrogen-bond acceptors (Lipinski definition) is 4. The van der Waals surface area contributed by atoms with Gasteiger partial charge in [0.2, 0.25) is 0 Å². The zero-order valence-corrected chi connectivity index (χ0v) is 15.6. The Hall–Kier alpha value is -3.46. The Bertz CT molecular complexity index is 1060. The Morgan fingerprint density at radius 1 is 1.10 bits per heavy atom. The minimum Gasteiger partial charge on any atom is -0.396 e. The Kier molecular flexibility index (Phi) is 6.31. The lowest BCUT2D eigenvalue weighted by Crippen LogP contribution is -2.31. The fraction of sp³-hybridized carbons (Fsp3) is 0.190. The summed E-state index contributed by atoms with van der Waals surface area (Å²) in [4.78, 5) is 31.4. The number of rotatable bonds is 6. The first-order chi connectivity index (χ1) is 14.3. The lowest BCUT2D eigenvalue weighted by atomic mass is 10.0. The number of carbonyl (C=O) groups is 1. The molecule has 0 bridgehead atoms. The van der Waals surface area contributed by atoms with E-state index in [1.165, 1.54) is 12.1 Å². The standard InChI is InChI=1S/C21H18F3N3O3/c22-21(23,24)15-8-6-13(7-9-15)16(10-11-28)26-20(30)17-12-18(29)27-19(25-17)14-4-2-1-3-5-14/h1-9,12,16,28H,10-11H2,(H,26,30)(H,25,27,29). The monoisotopic (exact) mass is 417 g/mol. The molecule has 9 heteroatoms. The summed E-state index contributed by atoms with van der Waals surface area (Å²) < 4.78 is 38.3. The predicted molar refractivity (Wildman–Crippen MR) is 104 cm³/mol. The van der Waals surface area contributed by atoms with E-state index in [1.54, 1.807) is 30.3 Å². The average Bonchev–Trinajstić information content (AvgIpc) is 2.73. The number of halogens is 3. The summed E-state index contributed by atoms with van der Waals surface area (Å²) in [6.07, 6.45) is -4.40. The molecule has 1 heterocycles. The summed E-state index contributed by atoms with van der Waals surface area (Å²) in [5.74, 6) is -0.474. The van der Waals surface area contributed by atoms with E-state index in [2.05, 4.69) is 15.3 Å². The highest BCUT2D eigenvalue weighted by Gasteiger charge is 2.30. The molecule has 0 saturated carbocycles. The summed E-state index contributed by atoms with van der Waals surface area (Å²) >= 11 is 0. The van der Waals surface area contributed by atoms with Crippen molar-refractivity contribution < 1.29 is 23.1 Å². The Labute approximate surface area is 169 Å². The first-order valence-corrected chi connectivity index (χ1v) is 9.03. The molecule has 0 radical (unpaired) electrons. The van der Waals surface area contributed by atoms with Crippen LogP contribution in [-0.2, 0) is 6.18 Å². The number of hydrogen-bond donors (Lipinski definition) is 3. The number of aromatic nitrogens is 2. The zero-order valence-electron chi connectivity index (χ0n) is 15.6. The molecule has 0 aliphatic heterocycles. The van der Waals surface area contributed by atoms with Crippen LogP contribution in [0.25, 0.3) is 11.4 Å². The van der Waals surface area contributed by atoms with Gasteiger partial charge in [-0.1, -0.05) is 42.5 Å². The Morgan fingerprint density at radius 2 is 1.77 bits per heavy atom. The fourth-order valence-corrected chi connectivity index (χ4v) is 2.89. The number of aliphatic hydroxyl groups excluding tert-OH is 1. The number of amides is 1. The molecule has 1 unspecified atom stereocenters. The van der Waals surface area contributed by atoms with Crippen molar-refractivity contribution in [2.75, 3.05) is 6.61 Å². The van der Waals surface area contributed by atoms with E-state index in [0.29, 0.717) is 11.1 Å². The number of aromatic amines is 1. The topological polar surface area (TPSA) is 95.1 Å². The van der Waals surface area contributed by atoms with Crippen LogP contribution in [0.1, 0.15) is 34.1 Å². The summed E-state index contributed by atoms with van der Waals surface area (Å²) in [6, 6.07) is 13.3. The highest BCUT2D eigenvalue weighted by molar-refractivity contribution is 5.92. The van der Waals surface area contributed by atoms with Gasteiger partial charge in [-0.05, 0) is 24.1 Å². The number of alkyl halides is 3. The van der Waals surface area contributed by atoms with Crippen molar-refractivity contribution in [3.05, 3.63) is 87.8 Å². The second-order valence-corrected chi connectivity index (χ2v) is 6.50. The molecule has 0 aliphatic carbocycles. The van der Waals surface area contributed by atoms with Gasteiger partial charge in [-0.15, -0.1) is 0 Å². The van der Waals surface area contributed by atoms with E-state index < -0.39 is 29.2 Å². The van der Waals surface area contributed by atoms with Gasteiger partial charge in [-0.3, -0.25) is 9.59 Å². The zero-order chi connectivity index (χ0) is 21.7. The number of carbonyl (C=O) groups excluding carboxylic acids is 1. The third-order valence-corrected chi connectivity index (χ3v) is 4.39. The summed E-state index contributed by atoms with van der Waals surface area (Å²) in [7, 11) is 0. The van der Waals surface area contributed by atoms with Gasteiger partial charge in [-0.25, -0.2) is 4.98 Å². The maximum atomic E-state index is 12.8. The molecule has 0 spiro atoms. The highest BCUT2D eigenvalue weighted by atomic mass is 19.4. The molecule has 1 aromatic heterocycles. The van der Waals surface area contributed by atoms with Crippen molar-refractivity contribution in [2.24, 2.45) is 0 Å². The number of benzene rings is 2. The maximum absolute atomic E-state index is 12.8. The minimum absolute atomic E-state index is 0.0752.